The number of nitro groups is 1. The van der Waals surface area contributed by atoms with E-state index in [2.05, 4.69) is 26.2 Å². The Balaban J connectivity index is 1.80. The first-order valence-corrected chi connectivity index (χ1v) is 8.84. The summed E-state index contributed by atoms with van der Waals surface area (Å²) in [4.78, 5) is 28.0. The number of nitro benzene ring substituents is 1. The maximum atomic E-state index is 12.2. The van der Waals surface area contributed by atoms with Crippen molar-refractivity contribution in [2.45, 2.75) is 0 Å². The molecule has 0 aliphatic rings. The minimum atomic E-state index is -0.543. The Hall–Kier alpha value is -2.10. The molecule has 116 valence electrons. The Morgan fingerprint density at radius 3 is 2.83 bits per heavy atom. The number of carbonyl (C=O) groups is 1. The zero-order valence-corrected chi connectivity index (χ0v) is 14.6. The summed E-state index contributed by atoms with van der Waals surface area (Å²) in [6.07, 6.45) is 0. The molecular weight excluding hydrogens is 402 g/mol. The number of hydrogen-bond acceptors (Lipinski definition) is 6. The van der Waals surface area contributed by atoms with Gasteiger partial charge in [0.05, 0.1) is 20.0 Å². The predicted octanol–water partition coefficient (Wildman–Crippen LogP) is 4.79. The van der Waals surface area contributed by atoms with Crippen LogP contribution in [-0.2, 0) is 0 Å². The number of amides is 1. The highest BCUT2D eigenvalue weighted by molar-refractivity contribution is 9.10. The molecule has 3 aromatic rings. The van der Waals surface area contributed by atoms with Gasteiger partial charge in [-0.05, 0) is 39.5 Å². The van der Waals surface area contributed by atoms with Gasteiger partial charge in [0, 0.05) is 17.0 Å². The number of benzene rings is 1. The molecule has 0 bridgehead atoms. The van der Waals surface area contributed by atoms with Gasteiger partial charge in [-0.3, -0.25) is 20.2 Å². The average Bonchev–Trinajstić information content (AvgIpc) is 3.18. The molecule has 2 aromatic heterocycles. The van der Waals surface area contributed by atoms with Crippen LogP contribution in [-0.4, -0.2) is 15.8 Å². The fourth-order valence-corrected chi connectivity index (χ4v) is 3.69. The van der Waals surface area contributed by atoms with Crippen LogP contribution in [0.4, 0.5) is 10.8 Å². The van der Waals surface area contributed by atoms with Crippen LogP contribution < -0.4 is 5.32 Å². The van der Waals surface area contributed by atoms with Gasteiger partial charge in [0.25, 0.3) is 11.6 Å². The predicted molar refractivity (Wildman–Crippen MR) is 94.2 cm³/mol. The minimum absolute atomic E-state index is 0.156. The second-order valence-corrected chi connectivity index (χ2v) is 7.05. The van der Waals surface area contributed by atoms with E-state index >= 15 is 0 Å². The standard InChI is InChI=1S/C14H8BrN3O3S2/c15-9-4-3-8(6-11(9)18(20)21)13(19)17-14-16-10(7-23-14)12-2-1-5-22-12/h1-7H,(H,16,17,19). The molecule has 0 fully saturated rings. The molecule has 0 atom stereocenters. The first-order chi connectivity index (χ1) is 11.0. The van der Waals surface area contributed by atoms with Crippen molar-refractivity contribution < 1.29 is 9.72 Å². The van der Waals surface area contributed by atoms with Crippen molar-refractivity contribution in [1.29, 1.82) is 0 Å². The van der Waals surface area contributed by atoms with Crippen LogP contribution in [0.1, 0.15) is 10.4 Å². The molecule has 1 aromatic carbocycles. The molecule has 0 saturated heterocycles. The molecule has 2 heterocycles. The average molecular weight is 410 g/mol. The van der Waals surface area contributed by atoms with Crippen LogP contribution in [0.15, 0.2) is 45.6 Å². The topological polar surface area (TPSA) is 85.1 Å². The van der Waals surface area contributed by atoms with Crippen LogP contribution in [0.25, 0.3) is 10.6 Å². The molecule has 3 rings (SSSR count). The van der Waals surface area contributed by atoms with Crippen LogP contribution in [0.3, 0.4) is 0 Å². The monoisotopic (exact) mass is 409 g/mol. The third-order valence-electron chi connectivity index (χ3n) is 2.90. The van der Waals surface area contributed by atoms with E-state index in [0.717, 1.165) is 10.6 Å². The van der Waals surface area contributed by atoms with Crippen LogP contribution in [0.2, 0.25) is 0 Å². The lowest BCUT2D eigenvalue weighted by Crippen LogP contribution is -2.12. The van der Waals surface area contributed by atoms with E-state index < -0.39 is 10.8 Å². The van der Waals surface area contributed by atoms with Gasteiger partial charge < -0.3 is 0 Å². The number of aromatic nitrogens is 1. The van der Waals surface area contributed by atoms with Gasteiger partial charge in [-0.15, -0.1) is 22.7 Å². The highest BCUT2D eigenvalue weighted by Crippen LogP contribution is 2.29. The van der Waals surface area contributed by atoms with Crippen molar-refractivity contribution in [2.75, 3.05) is 5.32 Å². The number of carbonyl (C=O) groups excluding carboxylic acids is 1. The van der Waals surface area contributed by atoms with E-state index in [1.807, 2.05) is 22.9 Å². The summed E-state index contributed by atoms with van der Waals surface area (Å²) in [7, 11) is 0. The van der Waals surface area contributed by atoms with Crippen LogP contribution in [0.5, 0.6) is 0 Å². The zero-order chi connectivity index (χ0) is 16.4. The molecule has 0 saturated carbocycles. The van der Waals surface area contributed by atoms with Crippen molar-refractivity contribution >= 4 is 55.3 Å². The third kappa shape index (κ3) is 3.46. The van der Waals surface area contributed by atoms with Gasteiger partial charge in [-0.2, -0.15) is 0 Å². The van der Waals surface area contributed by atoms with E-state index in [1.54, 1.807) is 11.3 Å². The Morgan fingerprint density at radius 1 is 1.30 bits per heavy atom. The van der Waals surface area contributed by atoms with Crippen LogP contribution >= 0.6 is 38.6 Å². The van der Waals surface area contributed by atoms with Crippen molar-refractivity contribution in [3.63, 3.8) is 0 Å². The summed E-state index contributed by atoms with van der Waals surface area (Å²) in [6.45, 7) is 0. The summed E-state index contributed by atoms with van der Waals surface area (Å²) in [5.74, 6) is -0.437. The Bertz CT molecular complexity index is 877. The van der Waals surface area contributed by atoms with Crippen molar-refractivity contribution in [1.82, 2.24) is 4.98 Å². The largest absolute Gasteiger partial charge is 0.298 e. The maximum absolute atomic E-state index is 12.2. The summed E-state index contributed by atoms with van der Waals surface area (Å²) in [6, 6.07) is 8.10. The highest BCUT2D eigenvalue weighted by atomic mass is 79.9. The van der Waals surface area contributed by atoms with Gasteiger partial charge in [0.15, 0.2) is 5.13 Å². The molecule has 0 aliphatic heterocycles. The molecule has 6 nitrogen and oxygen atoms in total. The fourth-order valence-electron chi connectivity index (χ4n) is 1.83. The number of rotatable bonds is 4. The number of thiophene rings is 1. The summed E-state index contributed by atoms with van der Waals surface area (Å²) >= 11 is 5.96. The lowest BCUT2D eigenvalue weighted by molar-refractivity contribution is -0.385. The highest BCUT2D eigenvalue weighted by Gasteiger charge is 2.17. The van der Waals surface area contributed by atoms with Gasteiger partial charge in [-0.25, -0.2) is 4.98 Å². The molecule has 0 spiro atoms. The second-order valence-electron chi connectivity index (χ2n) is 4.39. The summed E-state index contributed by atoms with van der Waals surface area (Å²) in [5, 5.41) is 17.8. The van der Waals surface area contributed by atoms with Gasteiger partial charge >= 0.3 is 0 Å². The normalized spacial score (nSPS) is 10.5. The Kier molecular flexibility index (Phi) is 4.51. The molecule has 23 heavy (non-hydrogen) atoms. The van der Waals surface area contributed by atoms with E-state index in [-0.39, 0.29) is 11.3 Å². The van der Waals surface area contributed by atoms with E-state index in [1.165, 1.54) is 29.5 Å². The minimum Gasteiger partial charge on any atom is -0.298 e. The second kappa shape index (κ2) is 6.57. The van der Waals surface area contributed by atoms with Gasteiger partial charge in [0.2, 0.25) is 0 Å². The molecule has 9 heteroatoms. The Labute approximate surface area is 147 Å². The van der Waals surface area contributed by atoms with E-state index in [9.17, 15) is 14.9 Å². The molecule has 0 unspecified atom stereocenters. The fraction of sp³-hybridized carbons (Fsp3) is 0. The number of hydrogen-bond donors (Lipinski definition) is 1. The molecule has 1 N–H and O–H groups in total. The number of anilines is 1. The van der Waals surface area contributed by atoms with Gasteiger partial charge in [0.1, 0.15) is 0 Å². The molecule has 0 aliphatic carbocycles. The Morgan fingerprint density at radius 2 is 2.13 bits per heavy atom. The molecular formula is C14H8BrN3O3S2. The summed E-state index contributed by atoms with van der Waals surface area (Å²) < 4.78 is 0.327. The number of nitrogens with one attached hydrogen (secondary N) is 1. The smallest absolute Gasteiger partial charge is 0.284 e. The molecule has 0 radical (unpaired) electrons. The summed E-state index contributed by atoms with van der Waals surface area (Å²) in [5.41, 5.74) is 0.839. The zero-order valence-electron chi connectivity index (χ0n) is 11.4. The number of halogens is 1. The third-order valence-corrected chi connectivity index (χ3v) is 5.22. The number of nitrogens with zero attached hydrogens (tertiary/aromatic N) is 2. The SMILES string of the molecule is O=C(Nc1nc(-c2cccs2)cs1)c1ccc(Br)c([N+](=O)[O-])c1. The van der Waals surface area contributed by atoms with Crippen molar-refractivity contribution in [3.8, 4) is 10.6 Å². The van der Waals surface area contributed by atoms with Crippen molar-refractivity contribution in [3.05, 3.63) is 61.2 Å². The quantitative estimate of drug-likeness (QED) is 0.495. The number of thiazole rings is 1. The molecule has 1 amide bonds. The first kappa shape index (κ1) is 15.8. The van der Waals surface area contributed by atoms with E-state index in [4.69, 9.17) is 0 Å². The van der Waals surface area contributed by atoms with Gasteiger partial charge in [-0.1, -0.05) is 6.07 Å². The first-order valence-electron chi connectivity index (χ1n) is 6.29. The lowest BCUT2D eigenvalue weighted by Gasteiger charge is -2.02. The lowest BCUT2D eigenvalue weighted by atomic mass is 10.2. The van der Waals surface area contributed by atoms with E-state index in [0.29, 0.717) is 9.60 Å². The van der Waals surface area contributed by atoms with Crippen LogP contribution in [0, 0.1) is 10.1 Å². The van der Waals surface area contributed by atoms with Crippen molar-refractivity contribution in [2.24, 2.45) is 0 Å². The maximum Gasteiger partial charge on any atom is 0.284 e.